The summed E-state index contributed by atoms with van der Waals surface area (Å²) >= 11 is 0. The van der Waals surface area contributed by atoms with Gasteiger partial charge >= 0.3 is 0 Å². The molecule has 1 aliphatic rings. The predicted octanol–water partition coefficient (Wildman–Crippen LogP) is 3.40. The number of rotatable bonds is 5. The second-order valence-electron chi connectivity index (χ2n) is 6.21. The molecule has 3 nitrogen and oxygen atoms in total. The van der Waals surface area contributed by atoms with Gasteiger partial charge in [0, 0.05) is 31.0 Å². The van der Waals surface area contributed by atoms with Crippen LogP contribution in [-0.2, 0) is 6.54 Å². The highest BCUT2D eigenvalue weighted by Gasteiger charge is 2.20. The molecule has 3 heteroatoms. The molecule has 0 saturated carbocycles. The third-order valence-electron chi connectivity index (χ3n) is 4.51. The number of nitrogens with zero attached hydrogens (tertiary/aromatic N) is 2. The standard InChI is InChI=1S/C19H25N3/c1-16(18-8-5-11-20-14-18)21-19-9-12-22(13-10-19)15-17-6-3-2-4-7-17/h2-8,11,14,16,19,21H,9-10,12-13,15H2,1H3. The van der Waals surface area contributed by atoms with E-state index in [0.29, 0.717) is 12.1 Å². The summed E-state index contributed by atoms with van der Waals surface area (Å²) in [6.45, 7) is 5.65. The molecule has 1 aromatic carbocycles. The summed E-state index contributed by atoms with van der Waals surface area (Å²) in [6.07, 6.45) is 6.23. The number of piperidine rings is 1. The number of benzene rings is 1. The van der Waals surface area contributed by atoms with E-state index in [1.165, 1.54) is 37.1 Å². The molecule has 1 unspecified atom stereocenters. The molecule has 1 aromatic heterocycles. The molecule has 0 radical (unpaired) electrons. The van der Waals surface area contributed by atoms with Gasteiger partial charge in [0.05, 0.1) is 0 Å². The Hall–Kier alpha value is -1.71. The SMILES string of the molecule is CC(NC1CCN(Cc2ccccc2)CC1)c1cccnc1. The number of hydrogen-bond donors (Lipinski definition) is 1. The first-order valence-electron chi connectivity index (χ1n) is 8.23. The van der Waals surface area contributed by atoms with Crippen LogP contribution < -0.4 is 5.32 Å². The summed E-state index contributed by atoms with van der Waals surface area (Å²) in [7, 11) is 0. The van der Waals surface area contributed by atoms with Crippen molar-refractivity contribution in [3.8, 4) is 0 Å². The van der Waals surface area contributed by atoms with E-state index in [4.69, 9.17) is 0 Å². The molecule has 2 heterocycles. The first kappa shape index (κ1) is 15.2. The van der Waals surface area contributed by atoms with E-state index in [-0.39, 0.29) is 0 Å². The first-order valence-corrected chi connectivity index (χ1v) is 8.23. The lowest BCUT2D eigenvalue weighted by molar-refractivity contribution is 0.185. The van der Waals surface area contributed by atoms with Gasteiger partial charge in [0.2, 0.25) is 0 Å². The molecule has 0 amide bonds. The average Bonchev–Trinajstić information content (AvgIpc) is 2.58. The largest absolute Gasteiger partial charge is 0.307 e. The van der Waals surface area contributed by atoms with Gasteiger partial charge in [-0.25, -0.2) is 0 Å². The minimum absolute atomic E-state index is 0.374. The topological polar surface area (TPSA) is 28.2 Å². The minimum Gasteiger partial charge on any atom is -0.307 e. The lowest BCUT2D eigenvalue weighted by Gasteiger charge is -2.34. The van der Waals surface area contributed by atoms with Gasteiger partial charge in [-0.2, -0.15) is 0 Å². The van der Waals surface area contributed by atoms with Crippen LogP contribution in [-0.4, -0.2) is 29.0 Å². The van der Waals surface area contributed by atoms with Gasteiger partial charge in [-0.1, -0.05) is 36.4 Å². The van der Waals surface area contributed by atoms with Crippen molar-refractivity contribution in [2.45, 2.75) is 38.4 Å². The quantitative estimate of drug-likeness (QED) is 0.916. The second kappa shape index (κ2) is 7.52. The maximum Gasteiger partial charge on any atom is 0.0315 e. The van der Waals surface area contributed by atoms with Crippen LogP contribution in [0.5, 0.6) is 0 Å². The zero-order chi connectivity index (χ0) is 15.2. The zero-order valence-corrected chi connectivity index (χ0v) is 13.3. The van der Waals surface area contributed by atoms with Gasteiger partial charge in [0.15, 0.2) is 0 Å². The lowest BCUT2D eigenvalue weighted by atomic mass is 10.0. The zero-order valence-electron chi connectivity index (χ0n) is 13.3. The van der Waals surface area contributed by atoms with E-state index in [2.05, 4.69) is 58.5 Å². The van der Waals surface area contributed by atoms with Crippen LogP contribution in [0.3, 0.4) is 0 Å². The van der Waals surface area contributed by atoms with Crippen LogP contribution in [0.1, 0.15) is 36.9 Å². The van der Waals surface area contributed by atoms with Crippen molar-refractivity contribution in [2.24, 2.45) is 0 Å². The fourth-order valence-corrected chi connectivity index (χ4v) is 3.18. The molecule has 116 valence electrons. The fourth-order valence-electron chi connectivity index (χ4n) is 3.18. The average molecular weight is 295 g/mol. The molecule has 3 rings (SSSR count). The number of pyridine rings is 1. The Morgan fingerprint density at radius 1 is 1.14 bits per heavy atom. The monoisotopic (exact) mass is 295 g/mol. The van der Waals surface area contributed by atoms with Crippen LogP contribution >= 0.6 is 0 Å². The number of aromatic nitrogens is 1. The Balaban J connectivity index is 1.46. The Bertz CT molecular complexity index is 547. The summed E-state index contributed by atoms with van der Waals surface area (Å²) < 4.78 is 0. The minimum atomic E-state index is 0.374. The van der Waals surface area contributed by atoms with Crippen molar-refractivity contribution in [1.82, 2.24) is 15.2 Å². The molecule has 0 spiro atoms. The van der Waals surface area contributed by atoms with Crippen molar-refractivity contribution in [3.05, 3.63) is 66.0 Å². The van der Waals surface area contributed by atoms with Gasteiger partial charge in [-0.05, 0) is 50.0 Å². The molecule has 1 aliphatic heterocycles. The van der Waals surface area contributed by atoms with Crippen molar-refractivity contribution >= 4 is 0 Å². The number of likely N-dealkylation sites (tertiary alicyclic amines) is 1. The third-order valence-corrected chi connectivity index (χ3v) is 4.51. The van der Waals surface area contributed by atoms with Gasteiger partial charge < -0.3 is 5.32 Å². The molecule has 1 saturated heterocycles. The Kier molecular flexibility index (Phi) is 5.20. The molecule has 0 bridgehead atoms. The van der Waals surface area contributed by atoms with Crippen LogP contribution in [0.2, 0.25) is 0 Å². The van der Waals surface area contributed by atoms with Gasteiger partial charge in [-0.15, -0.1) is 0 Å². The van der Waals surface area contributed by atoms with E-state index in [1.807, 2.05) is 18.5 Å². The molecule has 2 aromatic rings. The molecule has 22 heavy (non-hydrogen) atoms. The summed E-state index contributed by atoms with van der Waals surface area (Å²) in [5, 5.41) is 3.75. The Morgan fingerprint density at radius 3 is 2.59 bits per heavy atom. The molecule has 1 fully saturated rings. The highest BCUT2D eigenvalue weighted by molar-refractivity contribution is 5.15. The maximum absolute atomic E-state index is 4.21. The highest BCUT2D eigenvalue weighted by Crippen LogP contribution is 2.18. The number of hydrogen-bond acceptors (Lipinski definition) is 3. The fraction of sp³-hybridized carbons (Fsp3) is 0.421. The third kappa shape index (κ3) is 4.15. The van der Waals surface area contributed by atoms with E-state index in [1.54, 1.807) is 0 Å². The van der Waals surface area contributed by atoms with Crippen LogP contribution in [0.4, 0.5) is 0 Å². The normalized spacial score (nSPS) is 18.2. The predicted molar refractivity (Wildman–Crippen MR) is 90.5 cm³/mol. The van der Waals surface area contributed by atoms with E-state index in [9.17, 15) is 0 Å². The van der Waals surface area contributed by atoms with Gasteiger partial charge in [0.1, 0.15) is 0 Å². The summed E-state index contributed by atoms with van der Waals surface area (Å²) in [4.78, 5) is 6.77. The van der Waals surface area contributed by atoms with Crippen molar-refractivity contribution in [3.63, 3.8) is 0 Å². The Morgan fingerprint density at radius 2 is 1.91 bits per heavy atom. The summed E-state index contributed by atoms with van der Waals surface area (Å²) in [6, 6.07) is 15.9. The van der Waals surface area contributed by atoms with Crippen molar-refractivity contribution in [1.29, 1.82) is 0 Å². The van der Waals surface area contributed by atoms with E-state index < -0.39 is 0 Å². The molecular weight excluding hydrogens is 270 g/mol. The number of nitrogens with one attached hydrogen (secondary N) is 1. The summed E-state index contributed by atoms with van der Waals surface area (Å²) in [5.74, 6) is 0. The van der Waals surface area contributed by atoms with Gasteiger partial charge in [-0.3, -0.25) is 9.88 Å². The van der Waals surface area contributed by atoms with Crippen molar-refractivity contribution in [2.75, 3.05) is 13.1 Å². The van der Waals surface area contributed by atoms with Gasteiger partial charge in [0.25, 0.3) is 0 Å². The summed E-state index contributed by atoms with van der Waals surface area (Å²) in [5.41, 5.74) is 2.69. The van der Waals surface area contributed by atoms with Crippen LogP contribution in [0, 0.1) is 0 Å². The highest BCUT2D eigenvalue weighted by atomic mass is 15.1. The Labute approximate surface area is 133 Å². The maximum atomic E-state index is 4.21. The van der Waals surface area contributed by atoms with Crippen LogP contribution in [0.25, 0.3) is 0 Å². The molecule has 1 atom stereocenters. The van der Waals surface area contributed by atoms with E-state index in [0.717, 1.165) is 6.54 Å². The van der Waals surface area contributed by atoms with E-state index >= 15 is 0 Å². The van der Waals surface area contributed by atoms with Crippen LogP contribution in [0.15, 0.2) is 54.9 Å². The molecule has 0 aliphatic carbocycles. The molecule has 1 N–H and O–H groups in total. The lowest BCUT2D eigenvalue weighted by Crippen LogP contribution is -2.42. The second-order valence-corrected chi connectivity index (χ2v) is 6.21. The van der Waals surface area contributed by atoms with Crippen molar-refractivity contribution < 1.29 is 0 Å². The smallest absolute Gasteiger partial charge is 0.0315 e. The first-order chi connectivity index (χ1) is 10.8. The molecular formula is C19H25N3.